The first-order valence-electron chi connectivity index (χ1n) is 14.6. The third-order valence-corrected chi connectivity index (χ3v) is 8.44. The average Bonchev–Trinajstić information content (AvgIpc) is 3.80. The summed E-state index contributed by atoms with van der Waals surface area (Å²) in [5.74, 6) is 0.202. The molecule has 0 radical (unpaired) electrons. The van der Waals surface area contributed by atoms with Crippen LogP contribution in [0.2, 0.25) is 0 Å². The molecular formula is C32H36N6O5. The lowest BCUT2D eigenvalue weighted by atomic mass is 10.0. The number of aromatic amines is 2. The molecular weight excluding hydrogens is 548 g/mol. The van der Waals surface area contributed by atoms with Crippen molar-refractivity contribution in [3.8, 4) is 5.75 Å². The van der Waals surface area contributed by atoms with Gasteiger partial charge in [0.15, 0.2) is 0 Å². The number of aryl methyl sites for hydroxylation is 1. The highest BCUT2D eigenvalue weighted by Gasteiger charge is 2.30. The smallest absolute Gasteiger partial charge is 0.272 e. The summed E-state index contributed by atoms with van der Waals surface area (Å²) in [5.41, 5.74) is 8.68. The number of H-pyrrole nitrogens is 2. The molecule has 11 nitrogen and oxygen atoms in total. The van der Waals surface area contributed by atoms with Crippen LogP contribution in [0.25, 0.3) is 17.0 Å². The highest BCUT2D eigenvalue weighted by Crippen LogP contribution is 2.38. The number of carbonyl (C=O) groups excluding carboxylic acids is 2. The largest absolute Gasteiger partial charge is 0.497 e. The summed E-state index contributed by atoms with van der Waals surface area (Å²) in [4.78, 5) is 32.5. The van der Waals surface area contributed by atoms with Crippen molar-refractivity contribution >= 4 is 28.8 Å². The molecule has 224 valence electrons. The van der Waals surface area contributed by atoms with E-state index in [4.69, 9.17) is 14.7 Å². The number of benzene rings is 2. The van der Waals surface area contributed by atoms with Crippen LogP contribution in [-0.4, -0.2) is 82.0 Å². The number of nitrogens with one attached hydrogen (secondary N) is 3. The van der Waals surface area contributed by atoms with Gasteiger partial charge in [0.25, 0.3) is 11.8 Å². The van der Waals surface area contributed by atoms with Crippen molar-refractivity contribution in [2.75, 3.05) is 40.0 Å². The Morgan fingerprint density at radius 2 is 2.07 bits per heavy atom. The van der Waals surface area contributed by atoms with Gasteiger partial charge in [-0.05, 0) is 59.7 Å². The molecule has 2 aliphatic rings. The number of methoxy groups -OCH3 is 1. The van der Waals surface area contributed by atoms with Crippen molar-refractivity contribution in [3.63, 3.8) is 0 Å². The first-order chi connectivity index (χ1) is 21.0. The Morgan fingerprint density at radius 3 is 2.88 bits per heavy atom. The van der Waals surface area contributed by atoms with Gasteiger partial charge in [-0.2, -0.15) is 5.10 Å². The number of rotatable bonds is 10. The van der Waals surface area contributed by atoms with Crippen molar-refractivity contribution in [1.82, 2.24) is 30.5 Å². The first kappa shape index (κ1) is 28.7. The zero-order valence-corrected chi connectivity index (χ0v) is 24.1. The molecule has 1 aliphatic heterocycles. The fourth-order valence-corrected chi connectivity index (χ4v) is 6.17. The molecule has 0 saturated carbocycles. The number of carbonyl (C=O) groups is 2. The van der Waals surface area contributed by atoms with Gasteiger partial charge in [0.1, 0.15) is 11.4 Å². The highest BCUT2D eigenvalue weighted by atomic mass is 16.5. The van der Waals surface area contributed by atoms with Crippen molar-refractivity contribution in [2.45, 2.75) is 31.8 Å². The van der Waals surface area contributed by atoms with Gasteiger partial charge < -0.3 is 19.4 Å². The molecule has 4 N–H and O–H groups in total. The van der Waals surface area contributed by atoms with Crippen LogP contribution in [0.15, 0.2) is 54.9 Å². The normalized spacial score (nSPS) is 16.7. The molecule has 4 aromatic rings. The van der Waals surface area contributed by atoms with E-state index >= 15 is 0 Å². The SMILES string of the molecule is COc1ccc2c(CCN(Cc3cn[nH]c3C(=O)N3CCOCC3)C3CCc4cc(C=CC(=O)NO)ccc43)c[nH]c2c1. The first-order valence-corrected chi connectivity index (χ1v) is 14.6. The predicted octanol–water partition coefficient (Wildman–Crippen LogP) is 3.62. The summed E-state index contributed by atoms with van der Waals surface area (Å²) in [7, 11) is 1.67. The van der Waals surface area contributed by atoms with Crippen molar-refractivity contribution in [1.29, 1.82) is 0 Å². The number of amides is 2. The Labute approximate surface area is 249 Å². The lowest BCUT2D eigenvalue weighted by Gasteiger charge is -2.30. The highest BCUT2D eigenvalue weighted by molar-refractivity contribution is 5.93. The summed E-state index contributed by atoms with van der Waals surface area (Å²) in [5, 5.41) is 17.2. The molecule has 6 rings (SSSR count). The van der Waals surface area contributed by atoms with Crippen molar-refractivity contribution in [3.05, 3.63) is 88.4 Å². The zero-order valence-electron chi connectivity index (χ0n) is 24.1. The second kappa shape index (κ2) is 12.8. The minimum absolute atomic E-state index is 0.0449. The zero-order chi connectivity index (χ0) is 29.8. The van der Waals surface area contributed by atoms with Crippen LogP contribution in [0.1, 0.15) is 50.8 Å². The van der Waals surface area contributed by atoms with Crippen LogP contribution in [0, 0.1) is 0 Å². The van der Waals surface area contributed by atoms with Gasteiger partial charge >= 0.3 is 0 Å². The summed E-state index contributed by atoms with van der Waals surface area (Å²) in [6.45, 7) is 3.56. The Balaban J connectivity index is 1.27. The van der Waals surface area contributed by atoms with Crippen molar-refractivity contribution in [2.24, 2.45) is 0 Å². The topological polar surface area (TPSA) is 136 Å². The van der Waals surface area contributed by atoms with Gasteiger partial charge in [-0.3, -0.25) is 24.8 Å². The van der Waals surface area contributed by atoms with Gasteiger partial charge in [-0.15, -0.1) is 0 Å². The minimum Gasteiger partial charge on any atom is -0.497 e. The van der Waals surface area contributed by atoms with E-state index in [1.165, 1.54) is 28.2 Å². The number of aromatic nitrogens is 3. The number of morpholine rings is 1. The van der Waals surface area contributed by atoms with E-state index in [0.717, 1.165) is 48.2 Å². The maximum atomic E-state index is 13.4. The average molecular weight is 585 g/mol. The molecule has 1 aliphatic carbocycles. The van der Waals surface area contributed by atoms with Crippen molar-refractivity contribution < 1.29 is 24.3 Å². The molecule has 2 aromatic heterocycles. The van der Waals surface area contributed by atoms with E-state index in [-0.39, 0.29) is 11.9 Å². The second-order valence-corrected chi connectivity index (χ2v) is 10.9. The third kappa shape index (κ3) is 6.19. The standard InChI is InChI=1S/C32H36N6O5/c1-42-25-5-7-26-23(18-33-28(26)17-25)10-11-38(20-24-19-34-35-31(24)32(40)37-12-14-43-15-13-37)29-8-4-22-16-21(2-6-27(22)29)3-9-30(39)36-41/h2-3,5-7,9,16-19,29,33,41H,4,8,10-15,20H2,1H3,(H,34,35)(H,36,39). The van der Waals surface area contributed by atoms with Gasteiger partial charge in [-0.1, -0.05) is 18.2 Å². The third-order valence-electron chi connectivity index (χ3n) is 8.44. The van der Waals surface area contributed by atoms with E-state index in [2.05, 4.69) is 44.5 Å². The Kier molecular flexibility index (Phi) is 8.55. The summed E-state index contributed by atoms with van der Waals surface area (Å²) in [6.07, 6.45) is 9.50. The van der Waals surface area contributed by atoms with E-state index in [0.29, 0.717) is 38.5 Å². The van der Waals surface area contributed by atoms with Crippen LogP contribution in [0.5, 0.6) is 5.75 Å². The van der Waals surface area contributed by atoms with Gasteiger partial charge in [0.2, 0.25) is 0 Å². The van der Waals surface area contributed by atoms with E-state index in [1.54, 1.807) is 24.9 Å². The van der Waals surface area contributed by atoms with Gasteiger partial charge in [-0.25, -0.2) is 5.48 Å². The molecule has 1 atom stereocenters. The number of hydrogen-bond acceptors (Lipinski definition) is 7. The number of nitrogens with zero attached hydrogens (tertiary/aromatic N) is 3. The lowest BCUT2D eigenvalue weighted by Crippen LogP contribution is -2.41. The maximum absolute atomic E-state index is 13.4. The lowest BCUT2D eigenvalue weighted by molar-refractivity contribution is -0.124. The molecule has 0 spiro atoms. The molecule has 43 heavy (non-hydrogen) atoms. The number of hydrogen-bond donors (Lipinski definition) is 4. The van der Waals surface area contributed by atoms with Gasteiger partial charge in [0, 0.05) is 67.0 Å². The Morgan fingerprint density at radius 1 is 1.21 bits per heavy atom. The van der Waals surface area contributed by atoms with E-state index in [9.17, 15) is 9.59 Å². The fraction of sp³-hybridized carbons (Fsp3) is 0.344. The molecule has 11 heteroatoms. The van der Waals surface area contributed by atoms with E-state index < -0.39 is 5.91 Å². The maximum Gasteiger partial charge on any atom is 0.272 e. The summed E-state index contributed by atoms with van der Waals surface area (Å²) >= 11 is 0. The fourth-order valence-electron chi connectivity index (χ4n) is 6.17. The Bertz CT molecular complexity index is 1640. The van der Waals surface area contributed by atoms with Crippen LogP contribution in [-0.2, 0) is 28.9 Å². The van der Waals surface area contributed by atoms with Crippen LogP contribution >= 0.6 is 0 Å². The number of fused-ring (bicyclic) bond motifs is 2. The molecule has 2 aromatic carbocycles. The van der Waals surface area contributed by atoms with Crippen LogP contribution in [0.3, 0.4) is 0 Å². The van der Waals surface area contributed by atoms with Gasteiger partial charge in [0.05, 0.1) is 26.5 Å². The summed E-state index contributed by atoms with van der Waals surface area (Å²) < 4.78 is 10.8. The Hall–Kier alpha value is -4.45. The van der Waals surface area contributed by atoms with Crippen LogP contribution in [0.4, 0.5) is 0 Å². The molecule has 1 unspecified atom stereocenters. The molecule has 3 heterocycles. The minimum atomic E-state index is -0.567. The van der Waals surface area contributed by atoms with Crippen LogP contribution < -0.4 is 10.2 Å². The molecule has 0 bridgehead atoms. The predicted molar refractivity (Wildman–Crippen MR) is 161 cm³/mol. The molecule has 1 saturated heterocycles. The summed E-state index contributed by atoms with van der Waals surface area (Å²) in [6, 6.07) is 12.5. The monoisotopic (exact) mass is 584 g/mol. The number of hydroxylamine groups is 1. The molecule has 1 fully saturated rings. The number of ether oxygens (including phenoxy) is 2. The van der Waals surface area contributed by atoms with E-state index in [1.807, 2.05) is 23.1 Å². The quantitative estimate of drug-likeness (QED) is 0.127. The molecule has 2 amide bonds. The second-order valence-electron chi connectivity index (χ2n) is 10.9.